The topological polar surface area (TPSA) is 20.2 Å². The van der Waals surface area contributed by atoms with Crippen LogP contribution < -0.4 is 0 Å². The second-order valence-corrected chi connectivity index (χ2v) is 2.88. The molecule has 2 rings (SSSR count). The summed E-state index contributed by atoms with van der Waals surface area (Å²) in [7, 11) is 0. The number of para-hydroxylation sites is 1. The molecule has 0 aromatic heterocycles. The number of phenols is 1. The molecule has 0 atom stereocenters. The van der Waals surface area contributed by atoms with Gasteiger partial charge in [0.2, 0.25) is 0 Å². The van der Waals surface area contributed by atoms with Crippen molar-refractivity contribution < 1.29 is 5.11 Å². The molecule has 2 aromatic rings. The Hall–Kier alpha value is 1.51. The van der Waals surface area contributed by atoms with Crippen molar-refractivity contribution >= 4 is 103 Å². The summed E-state index contributed by atoms with van der Waals surface area (Å²) in [5.41, 5.74) is 1.92. The van der Waals surface area contributed by atoms with Crippen LogP contribution in [0.5, 0.6) is 5.75 Å². The summed E-state index contributed by atoms with van der Waals surface area (Å²) in [5, 5.41) is 9.56. The van der Waals surface area contributed by atoms with Gasteiger partial charge in [-0.3, -0.25) is 0 Å². The van der Waals surface area contributed by atoms with E-state index in [1.54, 1.807) is 6.07 Å². The van der Waals surface area contributed by atoms with Gasteiger partial charge in [-0.2, -0.15) is 0 Å². The number of aromatic hydroxyl groups is 1. The number of hydrogen-bond donors (Lipinski definition) is 1. The van der Waals surface area contributed by atoms with Gasteiger partial charge in [0.1, 0.15) is 5.75 Å². The summed E-state index contributed by atoms with van der Waals surface area (Å²) >= 11 is 0. The van der Waals surface area contributed by atoms with Gasteiger partial charge in [0, 0.05) is 5.56 Å². The molecule has 0 amide bonds. The van der Waals surface area contributed by atoms with Crippen LogP contribution in [-0.2, 0) is 0 Å². The predicted molar refractivity (Wildman–Crippen MR) is 67.8 cm³/mol. The summed E-state index contributed by atoms with van der Waals surface area (Å²) < 4.78 is 0. The number of benzene rings is 2. The van der Waals surface area contributed by atoms with Gasteiger partial charge in [-0.05, 0) is 11.6 Å². The molecule has 2 aromatic carbocycles. The van der Waals surface area contributed by atoms with Crippen LogP contribution in [0.25, 0.3) is 11.1 Å². The zero-order valence-electron chi connectivity index (χ0n) is 7.14. The molecule has 1 nitrogen and oxygen atoms in total. The Balaban J connectivity index is 0.000000980. The Morgan fingerprint density at radius 1 is 0.667 bits per heavy atom. The molecular formula is C12H12K2O. The molecular weight excluding hydrogens is 238 g/mol. The van der Waals surface area contributed by atoms with E-state index in [2.05, 4.69) is 0 Å². The fraction of sp³-hybridized carbons (Fsp3) is 0. The molecule has 1 N–H and O–H groups in total. The van der Waals surface area contributed by atoms with Gasteiger partial charge in [-0.15, -0.1) is 0 Å². The second kappa shape index (κ2) is 8.58. The Kier molecular flexibility index (Phi) is 9.45. The standard InChI is InChI=1S/C12H10O.2K.2H/c13-12-9-5-4-8-11(12)10-6-2-1-3-7-10;;;;/h1-9,13H;;;;. The summed E-state index contributed by atoms with van der Waals surface area (Å²) in [5.74, 6) is 0.328. The fourth-order valence-electron chi connectivity index (χ4n) is 1.34. The van der Waals surface area contributed by atoms with Crippen molar-refractivity contribution in [3.05, 3.63) is 54.6 Å². The Morgan fingerprint density at radius 3 is 1.80 bits per heavy atom. The van der Waals surface area contributed by atoms with Crippen LogP contribution in [0.1, 0.15) is 0 Å². The molecule has 0 unspecified atom stereocenters. The Labute approximate surface area is 175 Å². The molecule has 0 fully saturated rings. The molecule has 0 aliphatic rings. The van der Waals surface area contributed by atoms with Crippen LogP contribution in [0.3, 0.4) is 0 Å². The van der Waals surface area contributed by atoms with Gasteiger partial charge >= 0.3 is 103 Å². The Bertz CT molecular complexity index is 401. The van der Waals surface area contributed by atoms with Crippen molar-refractivity contribution in [3.8, 4) is 16.9 Å². The third kappa shape index (κ3) is 4.71. The van der Waals surface area contributed by atoms with Crippen molar-refractivity contribution in [2.24, 2.45) is 0 Å². The first-order valence-corrected chi connectivity index (χ1v) is 4.21. The molecule has 15 heavy (non-hydrogen) atoms. The van der Waals surface area contributed by atoms with Gasteiger partial charge in [0.15, 0.2) is 0 Å². The molecule has 0 saturated carbocycles. The molecule has 0 heterocycles. The minimum atomic E-state index is 0. The number of hydrogen-bond acceptors (Lipinski definition) is 1. The van der Waals surface area contributed by atoms with E-state index >= 15 is 0 Å². The predicted octanol–water partition coefficient (Wildman–Crippen LogP) is 1.76. The minimum absolute atomic E-state index is 0. The normalized spacial score (nSPS) is 8.53. The van der Waals surface area contributed by atoms with Crippen LogP contribution >= 0.6 is 0 Å². The second-order valence-electron chi connectivity index (χ2n) is 2.88. The first-order chi connectivity index (χ1) is 6.38. The van der Waals surface area contributed by atoms with Crippen molar-refractivity contribution in [3.63, 3.8) is 0 Å². The molecule has 0 spiro atoms. The average molecular weight is 250 g/mol. The maximum absolute atomic E-state index is 9.56. The third-order valence-corrected chi connectivity index (χ3v) is 1.99. The summed E-state index contributed by atoms with van der Waals surface area (Å²) in [4.78, 5) is 0. The van der Waals surface area contributed by atoms with Crippen LogP contribution in [0.15, 0.2) is 54.6 Å². The van der Waals surface area contributed by atoms with Gasteiger partial charge in [-0.25, -0.2) is 0 Å². The molecule has 68 valence electrons. The van der Waals surface area contributed by atoms with Gasteiger partial charge in [0.05, 0.1) is 0 Å². The summed E-state index contributed by atoms with van der Waals surface area (Å²) in [6, 6.07) is 17.2. The number of phenolic OH excluding ortho intramolecular Hbond substituents is 1. The summed E-state index contributed by atoms with van der Waals surface area (Å²) in [6.07, 6.45) is 0. The zero-order chi connectivity index (χ0) is 9.10. The summed E-state index contributed by atoms with van der Waals surface area (Å²) in [6.45, 7) is 0. The van der Waals surface area contributed by atoms with Gasteiger partial charge < -0.3 is 5.11 Å². The Morgan fingerprint density at radius 2 is 1.20 bits per heavy atom. The fourth-order valence-corrected chi connectivity index (χ4v) is 1.34. The van der Waals surface area contributed by atoms with E-state index < -0.39 is 0 Å². The molecule has 0 bridgehead atoms. The molecule has 0 saturated heterocycles. The van der Waals surface area contributed by atoms with E-state index in [-0.39, 0.29) is 103 Å². The van der Waals surface area contributed by atoms with Crippen LogP contribution in [0, 0.1) is 0 Å². The van der Waals surface area contributed by atoms with Gasteiger partial charge in [0.25, 0.3) is 0 Å². The number of rotatable bonds is 1. The van der Waals surface area contributed by atoms with E-state index in [1.807, 2.05) is 48.5 Å². The van der Waals surface area contributed by atoms with Crippen molar-refractivity contribution in [2.45, 2.75) is 0 Å². The van der Waals surface area contributed by atoms with Crippen LogP contribution in [0.4, 0.5) is 0 Å². The molecule has 3 heteroatoms. The van der Waals surface area contributed by atoms with Crippen molar-refractivity contribution in [1.82, 2.24) is 0 Å². The third-order valence-electron chi connectivity index (χ3n) is 1.99. The van der Waals surface area contributed by atoms with Crippen LogP contribution in [0.2, 0.25) is 0 Å². The SMILES string of the molecule is Oc1ccccc1-c1ccccc1.[KH].[KH]. The first kappa shape index (κ1) is 16.5. The molecule has 0 radical (unpaired) electrons. The monoisotopic (exact) mass is 250 g/mol. The van der Waals surface area contributed by atoms with Gasteiger partial charge in [-0.1, -0.05) is 48.5 Å². The molecule has 0 aliphatic heterocycles. The van der Waals surface area contributed by atoms with Crippen molar-refractivity contribution in [2.75, 3.05) is 0 Å². The zero-order valence-corrected chi connectivity index (χ0v) is 7.14. The van der Waals surface area contributed by atoms with E-state index in [0.29, 0.717) is 5.75 Å². The van der Waals surface area contributed by atoms with Crippen LogP contribution in [-0.4, -0.2) is 108 Å². The quantitative estimate of drug-likeness (QED) is 0.765. The average Bonchev–Trinajstić information content (AvgIpc) is 2.20. The van der Waals surface area contributed by atoms with E-state index in [0.717, 1.165) is 11.1 Å². The van der Waals surface area contributed by atoms with Crippen molar-refractivity contribution in [1.29, 1.82) is 0 Å². The van der Waals surface area contributed by atoms with E-state index in [9.17, 15) is 5.11 Å². The molecule has 0 aliphatic carbocycles. The van der Waals surface area contributed by atoms with E-state index in [4.69, 9.17) is 0 Å². The first-order valence-electron chi connectivity index (χ1n) is 4.21. The van der Waals surface area contributed by atoms with E-state index in [1.165, 1.54) is 0 Å². The maximum atomic E-state index is 9.56.